The molecule has 2 aromatic rings. The van der Waals surface area contributed by atoms with Crippen molar-refractivity contribution in [3.63, 3.8) is 0 Å². The second kappa shape index (κ2) is 9.55. The Morgan fingerprint density at radius 3 is 2.07 bits per heavy atom. The van der Waals surface area contributed by atoms with Gasteiger partial charge in [-0.2, -0.15) is 8.42 Å². The highest BCUT2D eigenvalue weighted by Crippen LogP contribution is 2.22. The van der Waals surface area contributed by atoms with Gasteiger partial charge in [0.15, 0.2) is 18.3 Å². The molecule has 3 atom stereocenters. The van der Waals surface area contributed by atoms with Crippen LogP contribution in [0.1, 0.15) is 20.7 Å². The summed E-state index contributed by atoms with van der Waals surface area (Å²) >= 11 is 0. The molecule has 0 saturated carbocycles. The molecule has 9 heteroatoms. The first-order valence-electron chi connectivity index (χ1n) is 9.02. The molecule has 0 amide bonds. The Kier molecular flexibility index (Phi) is 6.86. The van der Waals surface area contributed by atoms with Crippen LogP contribution in [0.5, 0.6) is 0 Å². The monoisotopic (exact) mass is 432 g/mol. The normalized spacial score (nSPS) is 20.8. The van der Waals surface area contributed by atoms with Crippen molar-refractivity contribution < 1.29 is 36.4 Å². The summed E-state index contributed by atoms with van der Waals surface area (Å²) < 4.78 is 44.7. The van der Waals surface area contributed by atoms with Crippen molar-refractivity contribution in [2.24, 2.45) is 0 Å². The van der Waals surface area contributed by atoms with Crippen LogP contribution in [0.25, 0.3) is 0 Å². The van der Waals surface area contributed by atoms with Gasteiger partial charge in [0.2, 0.25) is 0 Å². The summed E-state index contributed by atoms with van der Waals surface area (Å²) in [5.41, 5.74) is 0.624. The Morgan fingerprint density at radius 1 is 0.933 bits per heavy atom. The number of benzene rings is 2. The molecule has 0 saturated heterocycles. The van der Waals surface area contributed by atoms with Crippen LogP contribution in [-0.4, -0.2) is 51.5 Å². The van der Waals surface area contributed by atoms with E-state index in [2.05, 4.69) is 0 Å². The van der Waals surface area contributed by atoms with Crippen LogP contribution in [-0.2, 0) is 28.5 Å². The Bertz CT molecular complexity index is 1000. The maximum Gasteiger partial charge on any atom is 0.338 e. The number of esters is 2. The number of rotatable bonds is 7. The number of hydrogen-bond acceptors (Lipinski definition) is 8. The maximum absolute atomic E-state index is 12.4. The summed E-state index contributed by atoms with van der Waals surface area (Å²) in [5, 5.41) is 0. The lowest BCUT2D eigenvalue weighted by molar-refractivity contribution is -0.0769. The highest BCUT2D eigenvalue weighted by atomic mass is 32.2. The molecule has 8 nitrogen and oxygen atoms in total. The lowest BCUT2D eigenvalue weighted by Crippen LogP contribution is -2.47. The van der Waals surface area contributed by atoms with Gasteiger partial charge >= 0.3 is 11.9 Å². The first kappa shape index (κ1) is 21.5. The highest BCUT2D eigenvalue weighted by Gasteiger charge is 2.39. The Balaban J connectivity index is 1.73. The van der Waals surface area contributed by atoms with Crippen LogP contribution in [0.15, 0.2) is 73.0 Å². The zero-order chi connectivity index (χ0) is 21.6. The van der Waals surface area contributed by atoms with Crippen LogP contribution in [0.2, 0.25) is 0 Å². The standard InChI is InChI=1S/C21H20O8S/c1-30(24,25)29-19-17(28-21(23)16-10-6-3-7-11-16)12-13-26-18(19)14-27-20(22)15-8-4-2-5-9-15/h2-13,17-19H,14H2,1H3/t17-,18?,19+/m1/s1. The van der Waals surface area contributed by atoms with Crippen LogP contribution in [0.3, 0.4) is 0 Å². The average Bonchev–Trinajstić information content (AvgIpc) is 2.74. The summed E-state index contributed by atoms with van der Waals surface area (Å²) in [4.78, 5) is 24.6. The van der Waals surface area contributed by atoms with Gasteiger partial charge in [-0.3, -0.25) is 4.18 Å². The van der Waals surface area contributed by atoms with Gasteiger partial charge in [-0.25, -0.2) is 9.59 Å². The minimum absolute atomic E-state index is 0.294. The van der Waals surface area contributed by atoms with E-state index in [1.807, 2.05) is 0 Å². The molecule has 0 radical (unpaired) electrons. The molecule has 30 heavy (non-hydrogen) atoms. The molecule has 1 aliphatic heterocycles. The third-order valence-corrected chi connectivity index (χ3v) is 4.71. The van der Waals surface area contributed by atoms with Gasteiger partial charge in [0.1, 0.15) is 6.61 Å². The number of carbonyl (C=O) groups excluding carboxylic acids is 2. The molecule has 2 aromatic carbocycles. The van der Waals surface area contributed by atoms with E-state index in [9.17, 15) is 18.0 Å². The zero-order valence-corrected chi connectivity index (χ0v) is 16.9. The minimum atomic E-state index is -3.93. The van der Waals surface area contributed by atoms with Gasteiger partial charge in [0.25, 0.3) is 10.1 Å². The number of hydrogen-bond donors (Lipinski definition) is 0. The molecule has 0 fully saturated rings. The molecule has 3 rings (SSSR count). The average molecular weight is 432 g/mol. The summed E-state index contributed by atoms with van der Waals surface area (Å²) in [6.45, 7) is -0.308. The van der Waals surface area contributed by atoms with Crippen molar-refractivity contribution in [1.82, 2.24) is 0 Å². The van der Waals surface area contributed by atoms with Gasteiger partial charge in [0.05, 0.1) is 23.6 Å². The van der Waals surface area contributed by atoms with Crippen LogP contribution < -0.4 is 0 Å². The third kappa shape index (κ3) is 5.91. The van der Waals surface area contributed by atoms with Crippen molar-refractivity contribution >= 4 is 22.1 Å². The van der Waals surface area contributed by atoms with E-state index < -0.39 is 40.4 Å². The molecular weight excluding hydrogens is 412 g/mol. The molecule has 1 unspecified atom stereocenters. The first-order chi connectivity index (χ1) is 14.3. The summed E-state index contributed by atoms with van der Waals surface area (Å²) in [6.07, 6.45) is 0.182. The van der Waals surface area contributed by atoms with Crippen molar-refractivity contribution in [1.29, 1.82) is 0 Å². The smallest absolute Gasteiger partial charge is 0.338 e. The molecule has 0 aromatic heterocycles. The second-order valence-corrected chi connectivity index (χ2v) is 8.07. The fourth-order valence-corrected chi connectivity index (χ4v) is 3.40. The van der Waals surface area contributed by atoms with Gasteiger partial charge in [-0.1, -0.05) is 36.4 Å². The maximum atomic E-state index is 12.4. The van der Waals surface area contributed by atoms with Crippen molar-refractivity contribution in [2.75, 3.05) is 12.9 Å². The minimum Gasteiger partial charge on any atom is -0.492 e. The van der Waals surface area contributed by atoms with Gasteiger partial charge < -0.3 is 14.2 Å². The van der Waals surface area contributed by atoms with Crippen molar-refractivity contribution in [2.45, 2.75) is 18.3 Å². The highest BCUT2D eigenvalue weighted by molar-refractivity contribution is 7.86. The van der Waals surface area contributed by atoms with E-state index >= 15 is 0 Å². The van der Waals surface area contributed by atoms with Crippen LogP contribution in [0, 0.1) is 0 Å². The predicted octanol–water partition coefficient (Wildman–Crippen LogP) is 2.33. The predicted molar refractivity (Wildman–Crippen MR) is 106 cm³/mol. The number of carbonyl (C=O) groups is 2. The van der Waals surface area contributed by atoms with E-state index in [4.69, 9.17) is 18.4 Å². The first-order valence-corrected chi connectivity index (χ1v) is 10.8. The third-order valence-electron chi connectivity index (χ3n) is 4.14. The van der Waals surface area contributed by atoms with E-state index in [0.717, 1.165) is 6.26 Å². The molecule has 0 spiro atoms. The van der Waals surface area contributed by atoms with Crippen LogP contribution >= 0.6 is 0 Å². The molecule has 0 N–H and O–H groups in total. The lowest BCUT2D eigenvalue weighted by atomic mass is 10.1. The quantitative estimate of drug-likeness (QED) is 0.485. The van der Waals surface area contributed by atoms with Crippen molar-refractivity contribution in [3.05, 3.63) is 84.1 Å². The van der Waals surface area contributed by atoms with Crippen LogP contribution in [0.4, 0.5) is 0 Å². The SMILES string of the molecule is CS(=O)(=O)O[C@@H]1C(COC(=O)c2ccccc2)OC=C[C@H]1OC(=O)c1ccccc1. The molecule has 0 bridgehead atoms. The Morgan fingerprint density at radius 2 is 1.50 bits per heavy atom. The Labute approximate surface area is 174 Å². The molecule has 1 aliphatic rings. The largest absolute Gasteiger partial charge is 0.492 e. The zero-order valence-electron chi connectivity index (χ0n) is 16.0. The topological polar surface area (TPSA) is 105 Å². The lowest BCUT2D eigenvalue weighted by Gasteiger charge is -2.32. The van der Waals surface area contributed by atoms with Gasteiger partial charge in [0, 0.05) is 0 Å². The van der Waals surface area contributed by atoms with E-state index in [1.165, 1.54) is 12.3 Å². The second-order valence-electron chi connectivity index (χ2n) is 6.47. The fraction of sp³-hybridized carbons (Fsp3) is 0.238. The molecule has 158 valence electrons. The van der Waals surface area contributed by atoms with Crippen molar-refractivity contribution in [3.8, 4) is 0 Å². The molecular formula is C21H20O8S. The van der Waals surface area contributed by atoms with E-state index in [1.54, 1.807) is 60.7 Å². The summed E-state index contributed by atoms with van der Waals surface area (Å²) in [6, 6.07) is 16.5. The number of ether oxygens (including phenoxy) is 3. The summed E-state index contributed by atoms with van der Waals surface area (Å²) in [5.74, 6) is -1.26. The molecule has 0 aliphatic carbocycles. The molecule has 1 heterocycles. The van der Waals surface area contributed by atoms with E-state index in [0.29, 0.717) is 11.1 Å². The van der Waals surface area contributed by atoms with Gasteiger partial charge in [-0.15, -0.1) is 0 Å². The van der Waals surface area contributed by atoms with E-state index in [-0.39, 0.29) is 6.61 Å². The summed E-state index contributed by atoms with van der Waals surface area (Å²) in [7, 11) is -3.93. The van der Waals surface area contributed by atoms with Gasteiger partial charge in [-0.05, 0) is 30.3 Å². The Hall–Kier alpha value is -3.17. The fourth-order valence-electron chi connectivity index (χ4n) is 2.76.